The monoisotopic (exact) mass is 229 g/mol. The van der Waals surface area contributed by atoms with Crippen LogP contribution in [0.2, 0.25) is 0 Å². The number of carboxylic acid groups (broad SMARTS) is 1. The summed E-state index contributed by atoms with van der Waals surface area (Å²) >= 11 is 0. The van der Waals surface area contributed by atoms with Gasteiger partial charge >= 0.3 is 5.97 Å². The predicted octanol–water partition coefficient (Wildman–Crippen LogP) is 1.10. The van der Waals surface area contributed by atoms with Crippen molar-refractivity contribution in [2.75, 3.05) is 0 Å². The third-order valence-corrected chi connectivity index (χ3v) is 2.18. The molecule has 0 heterocycles. The first kappa shape index (κ1) is 12.3. The molecule has 0 saturated heterocycles. The van der Waals surface area contributed by atoms with Crippen molar-refractivity contribution < 1.29 is 24.5 Å². The van der Waals surface area contributed by atoms with Crippen molar-refractivity contribution in [3.8, 4) is 11.5 Å². The molecular formula is C10H12FNO4. The predicted molar refractivity (Wildman–Crippen MR) is 53.5 cm³/mol. The number of carboxylic acids is 1. The largest absolute Gasteiger partial charge is 0.504 e. The fourth-order valence-corrected chi connectivity index (χ4v) is 1.35. The standard InChI is InChI=1S/C10H12FNO4/c11-5-1-3-7(13)10(16)9(5)6(12)2-4-8(14)15/h1,3,6,13,16H,2,4,12H2,(H,14,15). The first-order chi connectivity index (χ1) is 7.43. The van der Waals surface area contributed by atoms with Gasteiger partial charge in [0.2, 0.25) is 0 Å². The molecule has 1 aromatic rings. The van der Waals surface area contributed by atoms with Crippen LogP contribution in [0.25, 0.3) is 0 Å². The van der Waals surface area contributed by atoms with Gasteiger partial charge in [-0.2, -0.15) is 0 Å². The maximum atomic E-state index is 13.3. The summed E-state index contributed by atoms with van der Waals surface area (Å²) in [7, 11) is 0. The van der Waals surface area contributed by atoms with Crippen LogP contribution in [0, 0.1) is 5.82 Å². The Morgan fingerprint density at radius 1 is 1.44 bits per heavy atom. The minimum Gasteiger partial charge on any atom is -0.504 e. The van der Waals surface area contributed by atoms with Gasteiger partial charge in [0.25, 0.3) is 0 Å². The van der Waals surface area contributed by atoms with Crippen molar-refractivity contribution in [2.45, 2.75) is 18.9 Å². The van der Waals surface area contributed by atoms with Crippen molar-refractivity contribution >= 4 is 5.97 Å². The Hall–Kier alpha value is -1.82. The van der Waals surface area contributed by atoms with Gasteiger partial charge in [0.15, 0.2) is 11.5 Å². The van der Waals surface area contributed by atoms with E-state index in [1.807, 2.05) is 0 Å². The second-order valence-corrected chi connectivity index (χ2v) is 3.37. The Morgan fingerprint density at radius 2 is 2.06 bits per heavy atom. The maximum Gasteiger partial charge on any atom is 0.303 e. The zero-order valence-electron chi connectivity index (χ0n) is 8.35. The number of aliphatic carboxylic acids is 1. The van der Waals surface area contributed by atoms with Crippen molar-refractivity contribution in [3.63, 3.8) is 0 Å². The van der Waals surface area contributed by atoms with Crippen LogP contribution in [0.5, 0.6) is 11.5 Å². The summed E-state index contributed by atoms with van der Waals surface area (Å²) in [5, 5.41) is 27.0. The molecule has 0 aliphatic rings. The molecule has 0 saturated carbocycles. The highest BCUT2D eigenvalue weighted by Gasteiger charge is 2.19. The number of hydrogen-bond acceptors (Lipinski definition) is 4. The Morgan fingerprint density at radius 3 is 2.62 bits per heavy atom. The van der Waals surface area contributed by atoms with E-state index in [1.54, 1.807) is 0 Å². The number of aromatic hydroxyl groups is 2. The zero-order valence-corrected chi connectivity index (χ0v) is 8.35. The molecule has 0 fully saturated rings. The molecule has 0 spiro atoms. The van der Waals surface area contributed by atoms with E-state index in [1.165, 1.54) is 0 Å². The van der Waals surface area contributed by atoms with Gasteiger partial charge in [0, 0.05) is 12.5 Å². The van der Waals surface area contributed by atoms with Crippen LogP contribution >= 0.6 is 0 Å². The highest BCUT2D eigenvalue weighted by molar-refractivity contribution is 5.66. The Bertz CT molecular complexity index is 408. The Balaban J connectivity index is 2.94. The fourth-order valence-electron chi connectivity index (χ4n) is 1.35. The highest BCUT2D eigenvalue weighted by Crippen LogP contribution is 2.35. The summed E-state index contributed by atoms with van der Waals surface area (Å²) in [4.78, 5) is 10.3. The van der Waals surface area contributed by atoms with Gasteiger partial charge in [-0.3, -0.25) is 4.79 Å². The summed E-state index contributed by atoms with van der Waals surface area (Å²) in [6.07, 6.45) is -0.265. The number of phenolic OH excluding ortho intramolecular Hbond substituents is 2. The SMILES string of the molecule is NC(CCC(=O)O)c1c(F)ccc(O)c1O. The molecule has 0 radical (unpaired) electrons. The van der Waals surface area contributed by atoms with Gasteiger partial charge in [-0.05, 0) is 18.6 Å². The zero-order chi connectivity index (χ0) is 12.3. The molecule has 1 atom stereocenters. The number of rotatable bonds is 4. The summed E-state index contributed by atoms with van der Waals surface area (Å²) in [6, 6.07) is 0.992. The lowest BCUT2D eigenvalue weighted by molar-refractivity contribution is -0.137. The lowest BCUT2D eigenvalue weighted by Crippen LogP contribution is -2.14. The van der Waals surface area contributed by atoms with Crippen LogP contribution in [-0.4, -0.2) is 21.3 Å². The highest BCUT2D eigenvalue weighted by atomic mass is 19.1. The molecule has 0 amide bonds. The smallest absolute Gasteiger partial charge is 0.303 e. The van der Waals surface area contributed by atoms with Gasteiger partial charge in [-0.25, -0.2) is 4.39 Å². The van der Waals surface area contributed by atoms with E-state index in [0.29, 0.717) is 0 Å². The van der Waals surface area contributed by atoms with Crippen molar-refractivity contribution in [2.24, 2.45) is 5.73 Å². The van der Waals surface area contributed by atoms with E-state index in [4.69, 9.17) is 15.9 Å². The molecule has 0 aliphatic carbocycles. The lowest BCUT2D eigenvalue weighted by Gasteiger charge is -2.14. The van der Waals surface area contributed by atoms with Crippen molar-refractivity contribution in [1.29, 1.82) is 0 Å². The van der Waals surface area contributed by atoms with E-state index < -0.39 is 29.3 Å². The van der Waals surface area contributed by atoms with Crippen LogP contribution in [0.3, 0.4) is 0 Å². The topological polar surface area (TPSA) is 104 Å². The molecule has 1 unspecified atom stereocenters. The van der Waals surface area contributed by atoms with Crippen LogP contribution in [0.15, 0.2) is 12.1 Å². The third kappa shape index (κ3) is 2.60. The summed E-state index contributed by atoms with van der Waals surface area (Å²) in [5.41, 5.74) is 5.28. The number of carbonyl (C=O) groups is 1. The first-order valence-electron chi connectivity index (χ1n) is 4.61. The van der Waals surface area contributed by atoms with Gasteiger partial charge in [-0.1, -0.05) is 0 Å². The normalized spacial score (nSPS) is 12.4. The van der Waals surface area contributed by atoms with E-state index >= 15 is 0 Å². The molecule has 16 heavy (non-hydrogen) atoms. The quantitative estimate of drug-likeness (QED) is 0.579. The molecule has 0 aromatic heterocycles. The number of benzene rings is 1. The Kier molecular flexibility index (Phi) is 3.68. The molecule has 88 valence electrons. The molecule has 0 bridgehead atoms. The molecule has 1 rings (SSSR count). The molecule has 1 aromatic carbocycles. The second kappa shape index (κ2) is 4.80. The van der Waals surface area contributed by atoms with Crippen molar-refractivity contribution in [1.82, 2.24) is 0 Å². The molecule has 5 nitrogen and oxygen atoms in total. The number of halogens is 1. The van der Waals surface area contributed by atoms with Crippen LogP contribution in [0.1, 0.15) is 24.4 Å². The fraction of sp³-hybridized carbons (Fsp3) is 0.300. The number of hydrogen-bond donors (Lipinski definition) is 4. The summed E-state index contributed by atoms with van der Waals surface area (Å²) in [5.74, 6) is -2.95. The average molecular weight is 229 g/mol. The molecule has 5 N–H and O–H groups in total. The van der Waals surface area contributed by atoms with E-state index in [9.17, 15) is 14.3 Å². The van der Waals surface area contributed by atoms with Crippen LogP contribution < -0.4 is 5.73 Å². The van der Waals surface area contributed by atoms with E-state index in [2.05, 4.69) is 0 Å². The van der Waals surface area contributed by atoms with Crippen molar-refractivity contribution in [3.05, 3.63) is 23.5 Å². The first-order valence-corrected chi connectivity index (χ1v) is 4.61. The van der Waals surface area contributed by atoms with E-state index in [-0.39, 0.29) is 18.4 Å². The minimum atomic E-state index is -1.06. The van der Waals surface area contributed by atoms with Gasteiger partial charge in [0.05, 0.1) is 5.56 Å². The maximum absolute atomic E-state index is 13.3. The number of nitrogens with two attached hydrogens (primary N) is 1. The van der Waals surface area contributed by atoms with Crippen LogP contribution in [-0.2, 0) is 4.79 Å². The Labute approximate surface area is 90.9 Å². The third-order valence-electron chi connectivity index (χ3n) is 2.18. The molecule has 0 aliphatic heterocycles. The molecular weight excluding hydrogens is 217 g/mol. The van der Waals surface area contributed by atoms with Gasteiger partial charge in [-0.15, -0.1) is 0 Å². The second-order valence-electron chi connectivity index (χ2n) is 3.37. The average Bonchev–Trinajstić information content (AvgIpc) is 2.21. The molecule has 6 heteroatoms. The summed E-state index contributed by atoms with van der Waals surface area (Å²) < 4.78 is 13.3. The number of phenols is 2. The summed E-state index contributed by atoms with van der Waals surface area (Å²) in [6.45, 7) is 0. The van der Waals surface area contributed by atoms with Gasteiger partial charge in [0.1, 0.15) is 5.82 Å². The minimum absolute atomic E-state index is 0.0245. The van der Waals surface area contributed by atoms with Gasteiger partial charge < -0.3 is 21.1 Å². The van der Waals surface area contributed by atoms with Crippen LogP contribution in [0.4, 0.5) is 4.39 Å². The lowest BCUT2D eigenvalue weighted by atomic mass is 10.0. The van der Waals surface area contributed by atoms with E-state index in [0.717, 1.165) is 12.1 Å².